The summed E-state index contributed by atoms with van der Waals surface area (Å²) in [6, 6.07) is 9.15. The van der Waals surface area contributed by atoms with Gasteiger partial charge in [0.15, 0.2) is 0 Å². The SMILES string of the molecule is CNC(C)c1ccc(OCCc2cccs2)cc1F. The summed E-state index contributed by atoms with van der Waals surface area (Å²) in [4.78, 5) is 1.28. The van der Waals surface area contributed by atoms with Crippen LogP contribution in [0, 0.1) is 5.82 Å². The highest BCUT2D eigenvalue weighted by Gasteiger charge is 2.09. The summed E-state index contributed by atoms with van der Waals surface area (Å²) in [6.45, 7) is 2.50. The number of hydrogen-bond acceptors (Lipinski definition) is 3. The minimum atomic E-state index is -0.226. The lowest BCUT2D eigenvalue weighted by Crippen LogP contribution is -2.14. The smallest absolute Gasteiger partial charge is 0.131 e. The second-order valence-electron chi connectivity index (χ2n) is 4.37. The first kappa shape index (κ1) is 14.0. The van der Waals surface area contributed by atoms with Crippen LogP contribution in [0.2, 0.25) is 0 Å². The summed E-state index contributed by atoms with van der Waals surface area (Å²) in [7, 11) is 1.82. The Kier molecular flexibility index (Phi) is 4.93. The Morgan fingerprint density at radius 3 is 2.84 bits per heavy atom. The monoisotopic (exact) mass is 279 g/mol. The van der Waals surface area contributed by atoms with Crippen molar-refractivity contribution in [3.8, 4) is 5.75 Å². The summed E-state index contributed by atoms with van der Waals surface area (Å²) in [5, 5.41) is 5.07. The van der Waals surface area contributed by atoms with Gasteiger partial charge in [-0.2, -0.15) is 0 Å². The Morgan fingerprint density at radius 1 is 1.37 bits per heavy atom. The number of halogens is 1. The van der Waals surface area contributed by atoms with Crippen LogP contribution in [0.5, 0.6) is 5.75 Å². The van der Waals surface area contributed by atoms with Gasteiger partial charge in [0.25, 0.3) is 0 Å². The molecule has 1 N–H and O–H groups in total. The molecule has 1 aromatic carbocycles. The molecule has 0 saturated heterocycles. The van der Waals surface area contributed by atoms with E-state index in [1.807, 2.05) is 31.5 Å². The molecule has 1 atom stereocenters. The van der Waals surface area contributed by atoms with Gasteiger partial charge in [-0.1, -0.05) is 12.1 Å². The fourth-order valence-electron chi connectivity index (χ4n) is 1.83. The highest BCUT2D eigenvalue weighted by Crippen LogP contribution is 2.22. The summed E-state index contributed by atoms with van der Waals surface area (Å²) in [5.41, 5.74) is 0.660. The zero-order chi connectivity index (χ0) is 13.7. The zero-order valence-electron chi connectivity index (χ0n) is 11.2. The van der Waals surface area contributed by atoms with Crippen LogP contribution < -0.4 is 10.1 Å². The van der Waals surface area contributed by atoms with Crippen molar-refractivity contribution in [3.63, 3.8) is 0 Å². The lowest BCUT2D eigenvalue weighted by atomic mass is 10.1. The molecule has 0 amide bonds. The van der Waals surface area contributed by atoms with Gasteiger partial charge >= 0.3 is 0 Å². The molecule has 2 nitrogen and oxygen atoms in total. The van der Waals surface area contributed by atoms with Crippen LogP contribution in [-0.2, 0) is 6.42 Å². The van der Waals surface area contributed by atoms with Gasteiger partial charge in [0.1, 0.15) is 11.6 Å². The number of nitrogens with one attached hydrogen (secondary N) is 1. The molecule has 0 spiro atoms. The van der Waals surface area contributed by atoms with Gasteiger partial charge < -0.3 is 10.1 Å². The number of thiophene rings is 1. The van der Waals surface area contributed by atoms with Crippen LogP contribution >= 0.6 is 11.3 Å². The van der Waals surface area contributed by atoms with E-state index in [0.717, 1.165) is 6.42 Å². The van der Waals surface area contributed by atoms with Crippen molar-refractivity contribution in [1.82, 2.24) is 5.32 Å². The third-order valence-corrected chi connectivity index (χ3v) is 4.00. The number of benzene rings is 1. The molecule has 0 radical (unpaired) electrons. The van der Waals surface area contributed by atoms with E-state index in [2.05, 4.69) is 11.4 Å². The van der Waals surface area contributed by atoms with Crippen LogP contribution in [0.25, 0.3) is 0 Å². The van der Waals surface area contributed by atoms with Crippen molar-refractivity contribution in [2.75, 3.05) is 13.7 Å². The molecule has 19 heavy (non-hydrogen) atoms. The first-order valence-corrected chi connectivity index (χ1v) is 7.20. The van der Waals surface area contributed by atoms with Gasteiger partial charge in [0, 0.05) is 29.0 Å². The minimum Gasteiger partial charge on any atom is -0.493 e. The van der Waals surface area contributed by atoms with Gasteiger partial charge in [0.2, 0.25) is 0 Å². The normalized spacial score (nSPS) is 12.4. The van der Waals surface area contributed by atoms with Crippen LogP contribution in [0.15, 0.2) is 35.7 Å². The van der Waals surface area contributed by atoms with Gasteiger partial charge in [-0.15, -0.1) is 11.3 Å². The van der Waals surface area contributed by atoms with Crippen molar-refractivity contribution >= 4 is 11.3 Å². The molecule has 1 aromatic heterocycles. The lowest BCUT2D eigenvalue weighted by Gasteiger charge is -2.13. The van der Waals surface area contributed by atoms with E-state index in [1.165, 1.54) is 10.9 Å². The number of rotatable bonds is 6. The first-order valence-electron chi connectivity index (χ1n) is 6.32. The molecule has 0 aliphatic carbocycles. The quantitative estimate of drug-likeness (QED) is 0.868. The predicted molar refractivity (Wildman–Crippen MR) is 77.4 cm³/mol. The molecule has 2 aromatic rings. The van der Waals surface area contributed by atoms with Gasteiger partial charge in [-0.25, -0.2) is 4.39 Å². The number of ether oxygens (including phenoxy) is 1. The molecule has 1 unspecified atom stereocenters. The van der Waals surface area contributed by atoms with Crippen molar-refractivity contribution in [3.05, 3.63) is 52.0 Å². The highest BCUT2D eigenvalue weighted by molar-refractivity contribution is 7.09. The van der Waals surface area contributed by atoms with E-state index in [0.29, 0.717) is 17.9 Å². The molecule has 0 fully saturated rings. The maximum Gasteiger partial charge on any atom is 0.131 e. The summed E-state index contributed by atoms with van der Waals surface area (Å²) in [5.74, 6) is 0.358. The van der Waals surface area contributed by atoms with E-state index in [-0.39, 0.29) is 11.9 Å². The Balaban J connectivity index is 1.92. The maximum absolute atomic E-state index is 13.9. The van der Waals surface area contributed by atoms with E-state index >= 15 is 0 Å². The van der Waals surface area contributed by atoms with Gasteiger partial charge in [-0.05, 0) is 31.5 Å². The standard InChI is InChI=1S/C15H18FNOS/c1-11(17-2)14-6-5-12(10-15(14)16)18-8-7-13-4-3-9-19-13/h3-6,9-11,17H,7-8H2,1-2H3. The largest absolute Gasteiger partial charge is 0.493 e. The Morgan fingerprint density at radius 2 is 2.21 bits per heavy atom. The lowest BCUT2D eigenvalue weighted by molar-refractivity contribution is 0.321. The van der Waals surface area contributed by atoms with E-state index < -0.39 is 0 Å². The first-order chi connectivity index (χ1) is 9.20. The van der Waals surface area contributed by atoms with Crippen molar-refractivity contribution in [2.45, 2.75) is 19.4 Å². The Labute approximate surface area is 117 Å². The fourth-order valence-corrected chi connectivity index (χ4v) is 2.52. The third kappa shape index (κ3) is 3.78. The molecule has 102 valence electrons. The zero-order valence-corrected chi connectivity index (χ0v) is 12.0. The summed E-state index contributed by atoms with van der Waals surface area (Å²) in [6.07, 6.45) is 0.855. The molecule has 0 aliphatic rings. The maximum atomic E-state index is 13.9. The molecule has 1 heterocycles. The summed E-state index contributed by atoms with van der Waals surface area (Å²) >= 11 is 1.71. The predicted octanol–water partition coefficient (Wildman–Crippen LogP) is 3.79. The second kappa shape index (κ2) is 6.68. The molecule has 0 saturated carbocycles. The van der Waals surface area contributed by atoms with E-state index in [1.54, 1.807) is 17.4 Å². The molecule has 4 heteroatoms. The highest BCUT2D eigenvalue weighted by atomic mass is 32.1. The molecular formula is C15H18FNOS. The summed E-state index contributed by atoms with van der Waals surface area (Å²) < 4.78 is 19.4. The van der Waals surface area contributed by atoms with Crippen LogP contribution in [0.3, 0.4) is 0 Å². The van der Waals surface area contributed by atoms with E-state index in [4.69, 9.17) is 4.74 Å². The Hall–Kier alpha value is -1.39. The molecule has 0 bridgehead atoms. The topological polar surface area (TPSA) is 21.3 Å². The van der Waals surface area contributed by atoms with Crippen molar-refractivity contribution in [1.29, 1.82) is 0 Å². The minimum absolute atomic E-state index is 0.000156. The molecular weight excluding hydrogens is 261 g/mol. The van der Waals surface area contributed by atoms with E-state index in [9.17, 15) is 4.39 Å². The molecule has 0 aliphatic heterocycles. The second-order valence-corrected chi connectivity index (χ2v) is 5.40. The van der Waals surface area contributed by atoms with Crippen LogP contribution in [-0.4, -0.2) is 13.7 Å². The van der Waals surface area contributed by atoms with Crippen LogP contribution in [0.1, 0.15) is 23.4 Å². The van der Waals surface area contributed by atoms with Crippen LogP contribution in [0.4, 0.5) is 4.39 Å². The van der Waals surface area contributed by atoms with Crippen molar-refractivity contribution in [2.24, 2.45) is 0 Å². The Bertz CT molecular complexity index is 513. The van der Waals surface area contributed by atoms with Gasteiger partial charge in [0.05, 0.1) is 6.61 Å². The average Bonchev–Trinajstić information content (AvgIpc) is 2.91. The molecule has 2 rings (SSSR count). The average molecular weight is 279 g/mol. The van der Waals surface area contributed by atoms with Crippen molar-refractivity contribution < 1.29 is 9.13 Å². The van der Waals surface area contributed by atoms with Gasteiger partial charge in [-0.3, -0.25) is 0 Å². The number of hydrogen-bond donors (Lipinski definition) is 1. The fraction of sp³-hybridized carbons (Fsp3) is 0.333. The third-order valence-electron chi connectivity index (χ3n) is 3.07.